The van der Waals surface area contributed by atoms with Crippen LogP contribution in [0.25, 0.3) is 0 Å². The molecule has 0 aromatic carbocycles. The van der Waals surface area contributed by atoms with Gasteiger partial charge in [0.1, 0.15) is 5.82 Å². The molecule has 1 heterocycles. The maximum atomic E-state index is 11.6. The average Bonchev–Trinajstić information content (AvgIpc) is 3.04. The summed E-state index contributed by atoms with van der Waals surface area (Å²) < 4.78 is 2.06. The average molecular weight is 264 g/mol. The SMILES string of the molecule is CC(C)CNCc1nccn1CCC(=O)NC1CC1. The van der Waals surface area contributed by atoms with Crippen LogP contribution in [-0.4, -0.2) is 28.0 Å². The fourth-order valence-corrected chi connectivity index (χ4v) is 1.93. The molecule has 1 amide bonds. The van der Waals surface area contributed by atoms with Crippen molar-refractivity contribution in [2.45, 2.75) is 52.2 Å². The molecular weight excluding hydrogens is 240 g/mol. The van der Waals surface area contributed by atoms with Gasteiger partial charge in [-0.15, -0.1) is 0 Å². The van der Waals surface area contributed by atoms with Crippen LogP contribution < -0.4 is 10.6 Å². The summed E-state index contributed by atoms with van der Waals surface area (Å²) in [7, 11) is 0. The summed E-state index contributed by atoms with van der Waals surface area (Å²) in [6.45, 7) is 6.81. The first kappa shape index (κ1) is 14.1. The zero-order valence-corrected chi connectivity index (χ0v) is 11.9. The topological polar surface area (TPSA) is 59.0 Å². The largest absolute Gasteiger partial charge is 0.353 e. The van der Waals surface area contributed by atoms with E-state index >= 15 is 0 Å². The van der Waals surface area contributed by atoms with E-state index in [9.17, 15) is 4.79 Å². The van der Waals surface area contributed by atoms with E-state index in [-0.39, 0.29) is 5.91 Å². The third kappa shape index (κ3) is 5.03. The van der Waals surface area contributed by atoms with E-state index < -0.39 is 0 Å². The van der Waals surface area contributed by atoms with Crippen LogP contribution in [0.4, 0.5) is 0 Å². The quantitative estimate of drug-likeness (QED) is 0.744. The molecule has 106 valence electrons. The molecule has 0 aliphatic heterocycles. The van der Waals surface area contributed by atoms with Gasteiger partial charge in [0.2, 0.25) is 5.91 Å². The second kappa shape index (κ2) is 6.70. The minimum atomic E-state index is 0.150. The molecule has 2 N–H and O–H groups in total. The Morgan fingerprint density at radius 3 is 3.00 bits per heavy atom. The van der Waals surface area contributed by atoms with Gasteiger partial charge < -0.3 is 15.2 Å². The van der Waals surface area contributed by atoms with Crippen molar-refractivity contribution in [2.75, 3.05) is 6.54 Å². The van der Waals surface area contributed by atoms with E-state index in [1.165, 1.54) is 0 Å². The monoisotopic (exact) mass is 264 g/mol. The number of carbonyl (C=O) groups excluding carboxylic acids is 1. The predicted octanol–water partition coefficient (Wildman–Crippen LogP) is 1.30. The fraction of sp³-hybridized carbons (Fsp3) is 0.714. The highest BCUT2D eigenvalue weighted by atomic mass is 16.1. The van der Waals surface area contributed by atoms with Gasteiger partial charge in [-0.05, 0) is 25.3 Å². The standard InChI is InChI=1S/C14H24N4O/c1-11(2)9-15-10-13-16-6-8-18(13)7-5-14(19)17-12-3-4-12/h6,8,11-12,15H,3-5,7,9-10H2,1-2H3,(H,17,19). The Labute approximate surface area is 114 Å². The van der Waals surface area contributed by atoms with Crippen LogP contribution in [0.3, 0.4) is 0 Å². The Balaban J connectivity index is 1.73. The van der Waals surface area contributed by atoms with Gasteiger partial charge in [0.25, 0.3) is 0 Å². The second-order valence-electron chi connectivity index (χ2n) is 5.65. The maximum absolute atomic E-state index is 11.6. The van der Waals surface area contributed by atoms with Crippen molar-refractivity contribution in [3.63, 3.8) is 0 Å². The highest BCUT2D eigenvalue weighted by Crippen LogP contribution is 2.18. The lowest BCUT2D eigenvalue weighted by molar-refractivity contribution is -0.121. The minimum absolute atomic E-state index is 0.150. The lowest BCUT2D eigenvalue weighted by Crippen LogP contribution is -2.27. The summed E-state index contributed by atoms with van der Waals surface area (Å²) in [5, 5.41) is 6.38. The number of rotatable bonds is 8. The third-order valence-electron chi connectivity index (χ3n) is 3.16. The van der Waals surface area contributed by atoms with Gasteiger partial charge in [-0.1, -0.05) is 13.8 Å². The smallest absolute Gasteiger partial charge is 0.222 e. The number of aromatic nitrogens is 2. The van der Waals surface area contributed by atoms with Crippen molar-refractivity contribution in [3.8, 4) is 0 Å². The van der Waals surface area contributed by atoms with E-state index in [2.05, 4.69) is 34.0 Å². The van der Waals surface area contributed by atoms with Crippen LogP contribution in [0.1, 0.15) is 38.9 Å². The zero-order valence-electron chi connectivity index (χ0n) is 11.9. The van der Waals surface area contributed by atoms with Gasteiger partial charge in [-0.2, -0.15) is 0 Å². The first-order valence-corrected chi connectivity index (χ1v) is 7.15. The normalized spacial score (nSPS) is 14.9. The molecule has 1 aromatic heterocycles. The Bertz CT molecular complexity index is 409. The maximum Gasteiger partial charge on any atom is 0.222 e. The zero-order chi connectivity index (χ0) is 13.7. The van der Waals surface area contributed by atoms with E-state index in [0.29, 0.717) is 24.9 Å². The first-order valence-electron chi connectivity index (χ1n) is 7.15. The Morgan fingerprint density at radius 2 is 2.32 bits per heavy atom. The lowest BCUT2D eigenvalue weighted by Gasteiger charge is -2.10. The second-order valence-corrected chi connectivity index (χ2v) is 5.65. The number of hydrogen-bond donors (Lipinski definition) is 2. The van der Waals surface area contributed by atoms with Crippen LogP contribution in [0.2, 0.25) is 0 Å². The molecule has 1 fully saturated rings. The number of hydrogen-bond acceptors (Lipinski definition) is 3. The molecule has 1 aromatic rings. The number of nitrogens with one attached hydrogen (secondary N) is 2. The van der Waals surface area contributed by atoms with Crippen molar-refractivity contribution in [1.82, 2.24) is 20.2 Å². The van der Waals surface area contributed by atoms with Gasteiger partial charge in [0, 0.05) is 31.4 Å². The van der Waals surface area contributed by atoms with Crippen LogP contribution in [-0.2, 0) is 17.9 Å². The van der Waals surface area contributed by atoms with E-state index in [4.69, 9.17) is 0 Å². The van der Waals surface area contributed by atoms with Crippen LogP contribution in [0.15, 0.2) is 12.4 Å². The molecule has 19 heavy (non-hydrogen) atoms. The minimum Gasteiger partial charge on any atom is -0.353 e. The number of amides is 1. The highest BCUT2D eigenvalue weighted by Gasteiger charge is 2.22. The molecule has 0 radical (unpaired) electrons. The summed E-state index contributed by atoms with van der Waals surface area (Å²) in [6, 6.07) is 0.447. The summed E-state index contributed by atoms with van der Waals surface area (Å²) in [6.07, 6.45) is 6.55. The first-order chi connectivity index (χ1) is 9.15. The number of aryl methyl sites for hydroxylation is 1. The highest BCUT2D eigenvalue weighted by molar-refractivity contribution is 5.76. The van der Waals surface area contributed by atoms with Crippen LogP contribution in [0, 0.1) is 5.92 Å². The van der Waals surface area contributed by atoms with Crippen molar-refractivity contribution in [3.05, 3.63) is 18.2 Å². The fourth-order valence-electron chi connectivity index (χ4n) is 1.93. The Morgan fingerprint density at radius 1 is 1.53 bits per heavy atom. The molecule has 0 unspecified atom stereocenters. The molecular formula is C14H24N4O. The summed E-state index contributed by atoms with van der Waals surface area (Å²) in [4.78, 5) is 16.0. The van der Waals surface area contributed by atoms with E-state index in [0.717, 1.165) is 31.8 Å². The summed E-state index contributed by atoms with van der Waals surface area (Å²) in [5.41, 5.74) is 0. The molecule has 1 saturated carbocycles. The molecule has 1 aliphatic rings. The third-order valence-corrected chi connectivity index (χ3v) is 3.16. The van der Waals surface area contributed by atoms with Crippen LogP contribution >= 0.6 is 0 Å². The molecule has 0 saturated heterocycles. The van der Waals surface area contributed by atoms with Gasteiger partial charge >= 0.3 is 0 Å². The molecule has 0 bridgehead atoms. The van der Waals surface area contributed by atoms with Crippen molar-refractivity contribution < 1.29 is 4.79 Å². The summed E-state index contributed by atoms with van der Waals surface area (Å²) >= 11 is 0. The number of nitrogens with zero attached hydrogens (tertiary/aromatic N) is 2. The molecule has 2 rings (SSSR count). The Hall–Kier alpha value is -1.36. The predicted molar refractivity (Wildman–Crippen MR) is 74.6 cm³/mol. The van der Waals surface area contributed by atoms with E-state index in [1.807, 2.05) is 6.20 Å². The van der Waals surface area contributed by atoms with Gasteiger partial charge in [0.15, 0.2) is 0 Å². The summed E-state index contributed by atoms with van der Waals surface area (Å²) in [5.74, 6) is 1.78. The van der Waals surface area contributed by atoms with Crippen LogP contribution in [0.5, 0.6) is 0 Å². The number of carbonyl (C=O) groups is 1. The lowest BCUT2D eigenvalue weighted by atomic mass is 10.2. The van der Waals surface area contributed by atoms with Gasteiger partial charge in [0.05, 0.1) is 6.54 Å². The van der Waals surface area contributed by atoms with Crippen molar-refractivity contribution >= 4 is 5.91 Å². The van der Waals surface area contributed by atoms with Gasteiger partial charge in [-0.3, -0.25) is 4.79 Å². The molecule has 0 atom stereocenters. The molecule has 5 heteroatoms. The van der Waals surface area contributed by atoms with Crippen molar-refractivity contribution in [1.29, 1.82) is 0 Å². The molecule has 5 nitrogen and oxygen atoms in total. The molecule has 1 aliphatic carbocycles. The Kier molecular flexibility index (Phi) is 4.96. The number of imidazole rings is 1. The van der Waals surface area contributed by atoms with Crippen molar-refractivity contribution in [2.24, 2.45) is 5.92 Å². The molecule has 0 spiro atoms. The van der Waals surface area contributed by atoms with Gasteiger partial charge in [-0.25, -0.2) is 4.98 Å². The van der Waals surface area contributed by atoms with E-state index in [1.54, 1.807) is 6.20 Å².